The Morgan fingerprint density at radius 1 is 1.36 bits per heavy atom. The molecular formula is C16H25N3O2S. The van der Waals surface area contributed by atoms with Gasteiger partial charge in [-0.15, -0.1) is 11.3 Å². The summed E-state index contributed by atoms with van der Waals surface area (Å²) in [5, 5.41) is 5.16. The summed E-state index contributed by atoms with van der Waals surface area (Å²) in [6.07, 6.45) is 7.04. The highest BCUT2D eigenvalue weighted by Gasteiger charge is 2.27. The molecule has 1 aromatic rings. The largest absolute Gasteiger partial charge is 0.333 e. The average Bonchev–Trinajstić information content (AvgIpc) is 2.99. The second kappa shape index (κ2) is 8.27. The zero-order valence-electron chi connectivity index (χ0n) is 13.4. The number of amides is 2. The first-order valence-electron chi connectivity index (χ1n) is 8.04. The lowest BCUT2D eigenvalue weighted by atomic mass is 9.88. The molecule has 1 aliphatic carbocycles. The third-order valence-electron chi connectivity index (χ3n) is 3.86. The van der Waals surface area contributed by atoms with Crippen LogP contribution < -0.4 is 5.32 Å². The maximum Gasteiger partial charge on any atom is 0.245 e. The zero-order valence-corrected chi connectivity index (χ0v) is 14.2. The minimum absolute atomic E-state index is 0.0974. The molecule has 0 aliphatic heterocycles. The Balaban J connectivity index is 1.95. The van der Waals surface area contributed by atoms with Crippen molar-refractivity contribution in [3.63, 3.8) is 0 Å². The van der Waals surface area contributed by atoms with Gasteiger partial charge in [0, 0.05) is 24.0 Å². The Hall–Kier alpha value is -1.43. The summed E-state index contributed by atoms with van der Waals surface area (Å²) in [5.41, 5.74) is 0. The van der Waals surface area contributed by atoms with E-state index in [2.05, 4.69) is 24.1 Å². The third kappa shape index (κ3) is 5.09. The van der Waals surface area contributed by atoms with Crippen LogP contribution in [0.2, 0.25) is 0 Å². The quantitative estimate of drug-likeness (QED) is 0.875. The molecular weight excluding hydrogens is 298 g/mol. The Bertz CT molecular complexity index is 482. The molecule has 1 N–H and O–H groups in total. The van der Waals surface area contributed by atoms with E-state index in [0.29, 0.717) is 17.6 Å². The zero-order chi connectivity index (χ0) is 15.9. The van der Waals surface area contributed by atoms with Crippen LogP contribution in [-0.4, -0.2) is 34.8 Å². The molecule has 0 saturated heterocycles. The second-order valence-electron chi connectivity index (χ2n) is 6.33. The first-order valence-corrected chi connectivity index (χ1v) is 8.92. The van der Waals surface area contributed by atoms with E-state index in [9.17, 15) is 9.59 Å². The van der Waals surface area contributed by atoms with Gasteiger partial charge in [-0.05, 0) is 18.8 Å². The summed E-state index contributed by atoms with van der Waals surface area (Å²) < 4.78 is 0. The number of nitrogens with zero attached hydrogens (tertiary/aromatic N) is 2. The van der Waals surface area contributed by atoms with E-state index in [1.807, 2.05) is 5.38 Å². The van der Waals surface area contributed by atoms with Gasteiger partial charge in [0.2, 0.25) is 11.8 Å². The van der Waals surface area contributed by atoms with Gasteiger partial charge in [0.25, 0.3) is 0 Å². The van der Waals surface area contributed by atoms with Gasteiger partial charge in [0.05, 0.1) is 6.54 Å². The van der Waals surface area contributed by atoms with Crippen LogP contribution in [0.4, 0.5) is 5.13 Å². The van der Waals surface area contributed by atoms with Crippen LogP contribution in [0.25, 0.3) is 0 Å². The van der Waals surface area contributed by atoms with Crippen LogP contribution in [0, 0.1) is 11.8 Å². The average molecular weight is 323 g/mol. The molecule has 22 heavy (non-hydrogen) atoms. The third-order valence-corrected chi connectivity index (χ3v) is 4.55. The second-order valence-corrected chi connectivity index (χ2v) is 7.23. The molecule has 2 rings (SSSR count). The molecule has 0 spiro atoms. The first kappa shape index (κ1) is 16.9. The van der Waals surface area contributed by atoms with Crippen molar-refractivity contribution in [3.8, 4) is 0 Å². The van der Waals surface area contributed by atoms with Crippen molar-refractivity contribution < 1.29 is 9.59 Å². The fraction of sp³-hybridized carbons (Fsp3) is 0.688. The van der Waals surface area contributed by atoms with Gasteiger partial charge in [-0.3, -0.25) is 9.59 Å². The van der Waals surface area contributed by atoms with Crippen molar-refractivity contribution >= 4 is 28.3 Å². The maximum absolute atomic E-state index is 12.7. The molecule has 0 bridgehead atoms. The summed E-state index contributed by atoms with van der Waals surface area (Å²) in [6.45, 7) is 4.88. The highest BCUT2D eigenvalue weighted by Crippen LogP contribution is 2.25. The minimum atomic E-state index is -0.167. The summed E-state index contributed by atoms with van der Waals surface area (Å²) >= 11 is 1.38. The lowest BCUT2D eigenvalue weighted by Gasteiger charge is -2.30. The van der Waals surface area contributed by atoms with E-state index in [1.54, 1.807) is 11.1 Å². The van der Waals surface area contributed by atoms with Gasteiger partial charge in [0.1, 0.15) is 0 Å². The van der Waals surface area contributed by atoms with Gasteiger partial charge in [-0.1, -0.05) is 33.1 Å². The fourth-order valence-electron chi connectivity index (χ4n) is 2.90. The topological polar surface area (TPSA) is 62.3 Å². The summed E-state index contributed by atoms with van der Waals surface area (Å²) in [4.78, 5) is 30.6. The highest BCUT2D eigenvalue weighted by molar-refractivity contribution is 7.13. The monoisotopic (exact) mass is 323 g/mol. The van der Waals surface area contributed by atoms with Gasteiger partial charge in [-0.25, -0.2) is 4.98 Å². The standard InChI is InChI=1S/C16H25N3O2S/c1-12(2)10-19(15(21)13-6-4-3-5-7-13)11-14(20)18-16-17-8-9-22-16/h8-9,12-13H,3-7,10-11H2,1-2H3,(H,17,18,20). The molecule has 5 nitrogen and oxygen atoms in total. The first-order chi connectivity index (χ1) is 10.6. The van der Waals surface area contributed by atoms with Crippen LogP contribution in [0.5, 0.6) is 0 Å². The Labute approximate surface area is 136 Å². The predicted octanol–water partition coefficient (Wildman–Crippen LogP) is 3.15. The summed E-state index contributed by atoms with van der Waals surface area (Å²) in [7, 11) is 0. The number of hydrogen-bond donors (Lipinski definition) is 1. The number of rotatable bonds is 6. The molecule has 122 valence electrons. The molecule has 0 radical (unpaired) electrons. The van der Waals surface area contributed by atoms with Crippen LogP contribution in [0.3, 0.4) is 0 Å². The summed E-state index contributed by atoms with van der Waals surface area (Å²) in [6, 6.07) is 0. The number of aromatic nitrogens is 1. The normalized spacial score (nSPS) is 15.8. The van der Waals surface area contributed by atoms with E-state index in [4.69, 9.17) is 0 Å². The van der Waals surface area contributed by atoms with Crippen molar-refractivity contribution in [2.24, 2.45) is 11.8 Å². The van der Waals surface area contributed by atoms with Crippen molar-refractivity contribution in [1.29, 1.82) is 0 Å². The van der Waals surface area contributed by atoms with Gasteiger partial charge in [0.15, 0.2) is 5.13 Å². The van der Waals surface area contributed by atoms with Gasteiger partial charge in [-0.2, -0.15) is 0 Å². The number of carbonyl (C=O) groups is 2. The molecule has 0 atom stereocenters. The number of hydrogen-bond acceptors (Lipinski definition) is 4. The Morgan fingerprint density at radius 2 is 2.09 bits per heavy atom. The summed E-state index contributed by atoms with van der Waals surface area (Å²) in [5.74, 6) is 0.419. The molecule has 1 saturated carbocycles. The van der Waals surface area contributed by atoms with E-state index >= 15 is 0 Å². The van der Waals surface area contributed by atoms with E-state index < -0.39 is 0 Å². The van der Waals surface area contributed by atoms with Crippen molar-refractivity contribution in [3.05, 3.63) is 11.6 Å². The van der Waals surface area contributed by atoms with Gasteiger partial charge >= 0.3 is 0 Å². The lowest BCUT2D eigenvalue weighted by molar-refractivity contribution is -0.139. The smallest absolute Gasteiger partial charge is 0.245 e. The van der Waals surface area contributed by atoms with Crippen LogP contribution >= 0.6 is 11.3 Å². The van der Waals surface area contributed by atoms with Crippen molar-refractivity contribution in [1.82, 2.24) is 9.88 Å². The number of thiazole rings is 1. The lowest BCUT2D eigenvalue weighted by Crippen LogP contribution is -2.43. The van der Waals surface area contributed by atoms with E-state index in [-0.39, 0.29) is 24.3 Å². The van der Waals surface area contributed by atoms with Crippen molar-refractivity contribution in [2.45, 2.75) is 46.0 Å². The van der Waals surface area contributed by atoms with Gasteiger partial charge < -0.3 is 10.2 Å². The molecule has 2 amide bonds. The maximum atomic E-state index is 12.7. The number of carbonyl (C=O) groups excluding carboxylic acids is 2. The molecule has 6 heteroatoms. The Morgan fingerprint density at radius 3 is 2.68 bits per heavy atom. The number of anilines is 1. The van der Waals surface area contributed by atoms with Crippen LogP contribution in [-0.2, 0) is 9.59 Å². The fourth-order valence-corrected chi connectivity index (χ4v) is 3.44. The van der Waals surface area contributed by atoms with E-state index in [1.165, 1.54) is 17.8 Å². The highest BCUT2D eigenvalue weighted by atomic mass is 32.1. The van der Waals surface area contributed by atoms with E-state index in [0.717, 1.165) is 25.7 Å². The molecule has 1 heterocycles. The van der Waals surface area contributed by atoms with Crippen LogP contribution in [0.15, 0.2) is 11.6 Å². The van der Waals surface area contributed by atoms with Crippen molar-refractivity contribution in [2.75, 3.05) is 18.4 Å². The molecule has 1 aliphatic rings. The predicted molar refractivity (Wildman–Crippen MR) is 88.7 cm³/mol. The SMILES string of the molecule is CC(C)CN(CC(=O)Nc1nccs1)C(=O)C1CCCCC1. The molecule has 0 aromatic carbocycles. The number of nitrogens with one attached hydrogen (secondary N) is 1. The molecule has 1 fully saturated rings. The molecule has 0 unspecified atom stereocenters. The van der Waals surface area contributed by atoms with Crippen LogP contribution in [0.1, 0.15) is 46.0 Å². The molecule has 1 aromatic heterocycles. The minimum Gasteiger partial charge on any atom is -0.333 e. The Kier molecular flexibility index (Phi) is 6.36.